The third kappa shape index (κ3) is 3.56. The lowest BCUT2D eigenvalue weighted by atomic mass is 9.80. The zero-order valence-electron chi connectivity index (χ0n) is 16.7. The highest BCUT2D eigenvalue weighted by molar-refractivity contribution is 5.99. The molecule has 3 aliphatic carbocycles. The van der Waals surface area contributed by atoms with Crippen molar-refractivity contribution in [1.29, 1.82) is 0 Å². The van der Waals surface area contributed by atoms with Crippen molar-refractivity contribution in [1.82, 2.24) is 20.0 Å². The maximum absolute atomic E-state index is 12.9. The van der Waals surface area contributed by atoms with Gasteiger partial charge in [0.2, 0.25) is 5.91 Å². The number of carbonyl (C=O) groups is 2. The minimum absolute atomic E-state index is 0.0936. The number of imidazole rings is 1. The highest BCUT2D eigenvalue weighted by Crippen LogP contribution is 2.40. The molecule has 0 aromatic carbocycles. The van der Waals surface area contributed by atoms with Gasteiger partial charge in [-0.1, -0.05) is 24.6 Å². The predicted molar refractivity (Wildman–Crippen MR) is 111 cm³/mol. The van der Waals surface area contributed by atoms with E-state index < -0.39 is 0 Å². The lowest BCUT2D eigenvalue weighted by Gasteiger charge is -2.30. The molecule has 0 spiro atoms. The van der Waals surface area contributed by atoms with Gasteiger partial charge < -0.3 is 15.0 Å². The Kier molecular flexibility index (Phi) is 4.64. The van der Waals surface area contributed by atoms with E-state index in [0.717, 1.165) is 56.3 Å². The SMILES string of the molecule is C=C1CC(C(=O)NC2CCCC2CNC(=O)c2nc(C3CC3)n3ccccc23)C1. The van der Waals surface area contributed by atoms with Crippen LogP contribution in [-0.2, 0) is 4.79 Å². The molecule has 2 unspecified atom stereocenters. The van der Waals surface area contributed by atoms with E-state index in [1.54, 1.807) is 0 Å². The largest absolute Gasteiger partial charge is 0.353 e. The first-order chi connectivity index (χ1) is 14.1. The van der Waals surface area contributed by atoms with Gasteiger partial charge in [-0.15, -0.1) is 0 Å². The van der Waals surface area contributed by atoms with Gasteiger partial charge in [-0.05, 0) is 56.6 Å². The highest BCUT2D eigenvalue weighted by atomic mass is 16.2. The van der Waals surface area contributed by atoms with E-state index in [0.29, 0.717) is 18.2 Å². The fourth-order valence-electron chi connectivity index (χ4n) is 4.76. The van der Waals surface area contributed by atoms with Crippen molar-refractivity contribution >= 4 is 17.3 Å². The molecule has 6 heteroatoms. The zero-order chi connectivity index (χ0) is 20.0. The number of rotatable bonds is 6. The summed E-state index contributed by atoms with van der Waals surface area (Å²) in [4.78, 5) is 30.0. The normalized spacial score (nSPS) is 24.5. The molecule has 5 rings (SSSR count). The van der Waals surface area contributed by atoms with Gasteiger partial charge in [0, 0.05) is 30.6 Å². The molecule has 2 aromatic heterocycles. The first-order valence-electron chi connectivity index (χ1n) is 10.8. The van der Waals surface area contributed by atoms with E-state index in [9.17, 15) is 9.59 Å². The lowest BCUT2D eigenvalue weighted by molar-refractivity contribution is -0.127. The molecular weight excluding hydrogens is 364 g/mol. The summed E-state index contributed by atoms with van der Waals surface area (Å²) in [7, 11) is 0. The molecule has 0 radical (unpaired) electrons. The van der Waals surface area contributed by atoms with Crippen molar-refractivity contribution in [3.63, 3.8) is 0 Å². The summed E-state index contributed by atoms with van der Waals surface area (Å²) < 4.78 is 2.05. The zero-order valence-corrected chi connectivity index (χ0v) is 16.7. The van der Waals surface area contributed by atoms with Crippen molar-refractivity contribution in [3.05, 3.63) is 48.1 Å². The summed E-state index contributed by atoms with van der Waals surface area (Å²) in [5, 5.41) is 6.31. The van der Waals surface area contributed by atoms with Crippen LogP contribution < -0.4 is 10.6 Å². The number of aromatic nitrogens is 2. The Hall–Kier alpha value is -2.63. The average Bonchev–Trinajstić information content (AvgIpc) is 3.33. The third-order valence-corrected chi connectivity index (χ3v) is 6.69. The Morgan fingerprint density at radius 1 is 1.17 bits per heavy atom. The number of carbonyl (C=O) groups excluding carboxylic acids is 2. The maximum Gasteiger partial charge on any atom is 0.272 e. The number of nitrogens with zero attached hydrogens (tertiary/aromatic N) is 2. The van der Waals surface area contributed by atoms with Crippen LogP contribution in [0.4, 0.5) is 0 Å². The van der Waals surface area contributed by atoms with E-state index in [1.165, 1.54) is 5.57 Å². The standard InChI is InChI=1S/C23H28N4O2/c1-14-11-17(12-14)22(28)25-18-6-4-5-16(18)13-24-23(29)20-19-7-2-3-10-27(19)21(26-20)15-8-9-15/h2-3,7,10,15-18H,1,4-6,8-9,11-13H2,(H,24,29)(H,25,28). The minimum Gasteiger partial charge on any atom is -0.353 e. The Morgan fingerprint density at radius 2 is 2.00 bits per heavy atom. The molecule has 2 atom stereocenters. The van der Waals surface area contributed by atoms with Crippen molar-refractivity contribution in [2.45, 2.75) is 56.9 Å². The summed E-state index contributed by atoms with van der Waals surface area (Å²) in [6.07, 6.45) is 9.01. The maximum atomic E-state index is 12.9. The first kappa shape index (κ1) is 18.4. The molecule has 2 heterocycles. The first-order valence-corrected chi connectivity index (χ1v) is 10.8. The highest BCUT2D eigenvalue weighted by Gasteiger charge is 2.34. The molecule has 2 N–H and O–H groups in total. The number of hydrogen-bond acceptors (Lipinski definition) is 3. The monoisotopic (exact) mass is 392 g/mol. The van der Waals surface area contributed by atoms with Crippen LogP contribution in [0.3, 0.4) is 0 Å². The molecule has 3 fully saturated rings. The number of fused-ring (bicyclic) bond motifs is 1. The van der Waals surface area contributed by atoms with E-state index in [4.69, 9.17) is 0 Å². The number of amides is 2. The van der Waals surface area contributed by atoms with Crippen LogP contribution in [-0.4, -0.2) is 33.8 Å². The van der Waals surface area contributed by atoms with Gasteiger partial charge in [0.1, 0.15) is 5.82 Å². The Balaban J connectivity index is 1.23. The molecule has 152 valence electrons. The lowest BCUT2D eigenvalue weighted by Crippen LogP contribution is -2.45. The summed E-state index contributed by atoms with van der Waals surface area (Å²) in [5.41, 5.74) is 2.55. The molecule has 0 bridgehead atoms. The molecule has 29 heavy (non-hydrogen) atoms. The fraction of sp³-hybridized carbons (Fsp3) is 0.522. The van der Waals surface area contributed by atoms with Crippen molar-refractivity contribution < 1.29 is 9.59 Å². The molecular formula is C23H28N4O2. The minimum atomic E-state index is -0.118. The summed E-state index contributed by atoms with van der Waals surface area (Å²) in [6, 6.07) is 6.03. The molecule has 0 aliphatic heterocycles. The Labute approximate surface area is 170 Å². The van der Waals surface area contributed by atoms with Crippen LogP contribution in [0.5, 0.6) is 0 Å². The molecule has 2 amide bonds. The summed E-state index contributed by atoms with van der Waals surface area (Å²) >= 11 is 0. The molecule has 3 saturated carbocycles. The van der Waals surface area contributed by atoms with Crippen LogP contribution in [0.2, 0.25) is 0 Å². The number of hydrogen-bond donors (Lipinski definition) is 2. The van der Waals surface area contributed by atoms with Crippen molar-refractivity contribution in [2.24, 2.45) is 11.8 Å². The van der Waals surface area contributed by atoms with Crippen molar-refractivity contribution in [2.75, 3.05) is 6.54 Å². The van der Waals surface area contributed by atoms with Crippen LogP contribution in [0, 0.1) is 11.8 Å². The van der Waals surface area contributed by atoms with Crippen molar-refractivity contribution in [3.8, 4) is 0 Å². The summed E-state index contributed by atoms with van der Waals surface area (Å²) in [6.45, 7) is 4.50. The molecule has 3 aliphatic rings. The predicted octanol–water partition coefficient (Wildman–Crippen LogP) is 3.19. The van der Waals surface area contributed by atoms with Crippen LogP contribution in [0.25, 0.3) is 5.52 Å². The van der Waals surface area contributed by atoms with Gasteiger partial charge in [-0.2, -0.15) is 0 Å². The van der Waals surface area contributed by atoms with Gasteiger partial charge in [0.05, 0.1) is 5.52 Å². The van der Waals surface area contributed by atoms with Crippen LogP contribution in [0.1, 0.15) is 67.2 Å². The average molecular weight is 393 g/mol. The Bertz CT molecular complexity index is 966. The number of nitrogens with one attached hydrogen (secondary N) is 2. The second-order valence-corrected chi connectivity index (χ2v) is 8.92. The Morgan fingerprint density at radius 3 is 2.76 bits per heavy atom. The third-order valence-electron chi connectivity index (χ3n) is 6.69. The fourth-order valence-corrected chi connectivity index (χ4v) is 4.76. The molecule has 6 nitrogen and oxygen atoms in total. The van der Waals surface area contributed by atoms with Crippen LogP contribution in [0.15, 0.2) is 36.5 Å². The molecule has 2 aromatic rings. The molecule has 0 saturated heterocycles. The second kappa shape index (κ2) is 7.32. The van der Waals surface area contributed by atoms with E-state index in [2.05, 4.69) is 26.6 Å². The van der Waals surface area contributed by atoms with E-state index in [1.807, 2.05) is 24.4 Å². The van der Waals surface area contributed by atoms with Gasteiger partial charge in [-0.25, -0.2) is 4.98 Å². The van der Waals surface area contributed by atoms with Crippen LogP contribution >= 0.6 is 0 Å². The van der Waals surface area contributed by atoms with Gasteiger partial charge in [0.15, 0.2) is 5.69 Å². The van der Waals surface area contributed by atoms with E-state index in [-0.39, 0.29) is 29.7 Å². The number of pyridine rings is 1. The topological polar surface area (TPSA) is 75.5 Å². The van der Waals surface area contributed by atoms with E-state index >= 15 is 0 Å². The van der Waals surface area contributed by atoms with Gasteiger partial charge in [-0.3, -0.25) is 9.59 Å². The quantitative estimate of drug-likeness (QED) is 0.742. The summed E-state index contributed by atoms with van der Waals surface area (Å²) in [5.74, 6) is 1.88. The second-order valence-electron chi connectivity index (χ2n) is 8.92. The van der Waals surface area contributed by atoms with Gasteiger partial charge >= 0.3 is 0 Å². The van der Waals surface area contributed by atoms with Gasteiger partial charge in [0.25, 0.3) is 5.91 Å². The smallest absolute Gasteiger partial charge is 0.272 e. The number of allylic oxidation sites excluding steroid dienone is 1.